The molecule has 1 aromatic heterocycles. The Bertz CT molecular complexity index is 540. The van der Waals surface area contributed by atoms with Crippen molar-refractivity contribution >= 4 is 23.1 Å². The van der Waals surface area contributed by atoms with Gasteiger partial charge in [-0.05, 0) is 43.3 Å². The zero-order valence-electron chi connectivity index (χ0n) is 10.9. The molecule has 0 atom stereocenters. The Balaban J connectivity index is 1.75. The van der Waals surface area contributed by atoms with Crippen LogP contribution in [0.15, 0.2) is 48.7 Å². The van der Waals surface area contributed by atoms with Gasteiger partial charge in [0.25, 0.3) is 0 Å². The quantitative estimate of drug-likeness (QED) is 0.838. The zero-order chi connectivity index (χ0) is 13.5. The number of aryl methyl sites for hydroxylation is 1. The van der Waals surface area contributed by atoms with Crippen molar-refractivity contribution < 1.29 is 0 Å². The molecular weight excluding hydrogens is 254 g/mol. The number of nitrogens with one attached hydrogen (secondary N) is 2. The summed E-state index contributed by atoms with van der Waals surface area (Å²) in [7, 11) is 0. The van der Waals surface area contributed by atoms with E-state index >= 15 is 0 Å². The van der Waals surface area contributed by atoms with Gasteiger partial charge < -0.3 is 10.6 Å². The maximum Gasteiger partial charge on any atom is 0.171 e. The predicted molar refractivity (Wildman–Crippen MR) is 83.3 cm³/mol. The third-order valence-corrected chi connectivity index (χ3v) is 2.93. The van der Waals surface area contributed by atoms with Crippen LogP contribution >= 0.6 is 12.2 Å². The van der Waals surface area contributed by atoms with Gasteiger partial charge in [0.2, 0.25) is 0 Å². The molecule has 4 heteroatoms. The van der Waals surface area contributed by atoms with Crippen LogP contribution in [0.2, 0.25) is 0 Å². The third kappa shape index (κ3) is 4.67. The summed E-state index contributed by atoms with van der Waals surface area (Å²) in [6.45, 7) is 2.91. The Morgan fingerprint density at radius 3 is 2.84 bits per heavy atom. The smallest absolute Gasteiger partial charge is 0.171 e. The Hall–Kier alpha value is -1.94. The molecule has 0 amide bonds. The van der Waals surface area contributed by atoms with Gasteiger partial charge in [-0.25, -0.2) is 4.98 Å². The summed E-state index contributed by atoms with van der Waals surface area (Å²) in [4.78, 5) is 4.16. The first-order chi connectivity index (χ1) is 9.24. The van der Waals surface area contributed by atoms with Crippen LogP contribution in [0.3, 0.4) is 0 Å². The molecule has 0 bridgehead atoms. The Kier molecular flexibility index (Phi) is 4.86. The van der Waals surface area contributed by atoms with E-state index in [4.69, 9.17) is 12.2 Å². The maximum atomic E-state index is 5.21. The van der Waals surface area contributed by atoms with Crippen LogP contribution in [0.1, 0.15) is 11.1 Å². The van der Waals surface area contributed by atoms with Crippen molar-refractivity contribution in [3.63, 3.8) is 0 Å². The van der Waals surface area contributed by atoms with E-state index in [-0.39, 0.29) is 0 Å². The molecular formula is C15H17N3S. The molecule has 0 saturated carbocycles. The topological polar surface area (TPSA) is 37.0 Å². The lowest BCUT2D eigenvalue weighted by atomic mass is 10.1. The molecule has 0 unspecified atom stereocenters. The van der Waals surface area contributed by atoms with Gasteiger partial charge in [0.15, 0.2) is 5.11 Å². The minimum atomic E-state index is 0.603. The number of pyridine rings is 1. The normalized spacial score (nSPS) is 9.95. The lowest BCUT2D eigenvalue weighted by Gasteiger charge is -2.09. The summed E-state index contributed by atoms with van der Waals surface area (Å²) >= 11 is 5.21. The van der Waals surface area contributed by atoms with Crippen LogP contribution in [0.4, 0.5) is 5.82 Å². The number of anilines is 1. The first-order valence-electron chi connectivity index (χ1n) is 6.25. The van der Waals surface area contributed by atoms with E-state index in [1.165, 1.54) is 11.1 Å². The van der Waals surface area contributed by atoms with Crippen molar-refractivity contribution in [2.75, 3.05) is 11.9 Å². The highest BCUT2D eigenvalue weighted by molar-refractivity contribution is 7.80. The summed E-state index contributed by atoms with van der Waals surface area (Å²) in [6.07, 6.45) is 2.68. The Labute approximate surface area is 119 Å². The van der Waals surface area contributed by atoms with Crippen LogP contribution in [-0.4, -0.2) is 16.6 Å². The average Bonchev–Trinajstić information content (AvgIpc) is 2.40. The molecule has 0 saturated heterocycles. The second-order valence-electron chi connectivity index (χ2n) is 4.33. The summed E-state index contributed by atoms with van der Waals surface area (Å²) in [6, 6.07) is 14.2. The average molecular weight is 271 g/mol. The second-order valence-corrected chi connectivity index (χ2v) is 4.74. The Morgan fingerprint density at radius 1 is 1.21 bits per heavy atom. The fraction of sp³-hybridized carbons (Fsp3) is 0.200. The molecule has 0 aliphatic heterocycles. The van der Waals surface area contributed by atoms with Crippen LogP contribution in [-0.2, 0) is 6.42 Å². The van der Waals surface area contributed by atoms with Crippen molar-refractivity contribution in [2.24, 2.45) is 0 Å². The largest absolute Gasteiger partial charge is 0.362 e. The number of rotatable bonds is 4. The molecule has 98 valence electrons. The van der Waals surface area contributed by atoms with Gasteiger partial charge in [-0.1, -0.05) is 35.9 Å². The van der Waals surface area contributed by atoms with Crippen molar-refractivity contribution in [1.29, 1.82) is 0 Å². The zero-order valence-corrected chi connectivity index (χ0v) is 11.7. The van der Waals surface area contributed by atoms with Crippen LogP contribution in [0, 0.1) is 6.92 Å². The van der Waals surface area contributed by atoms with E-state index in [1.54, 1.807) is 6.20 Å². The van der Waals surface area contributed by atoms with Crippen LogP contribution < -0.4 is 10.6 Å². The van der Waals surface area contributed by atoms with E-state index in [1.807, 2.05) is 18.2 Å². The summed E-state index contributed by atoms with van der Waals surface area (Å²) < 4.78 is 0. The molecule has 1 heterocycles. The van der Waals surface area contributed by atoms with E-state index in [0.29, 0.717) is 5.11 Å². The van der Waals surface area contributed by atoms with Gasteiger partial charge in [-0.15, -0.1) is 0 Å². The standard InChI is InChI=1S/C15H17N3S/c1-12-5-4-6-13(11-12)8-10-17-15(19)18-14-7-2-3-9-16-14/h2-7,9,11H,8,10H2,1H3,(H2,16,17,18,19). The number of nitrogens with zero attached hydrogens (tertiary/aromatic N) is 1. The molecule has 3 nitrogen and oxygen atoms in total. The molecule has 2 rings (SSSR count). The highest BCUT2D eigenvalue weighted by Crippen LogP contribution is 2.04. The van der Waals surface area contributed by atoms with E-state index < -0.39 is 0 Å². The highest BCUT2D eigenvalue weighted by Gasteiger charge is 1.98. The third-order valence-electron chi connectivity index (χ3n) is 2.69. The van der Waals surface area contributed by atoms with E-state index in [9.17, 15) is 0 Å². The predicted octanol–water partition coefficient (Wildman–Crippen LogP) is 2.92. The van der Waals surface area contributed by atoms with Crippen molar-refractivity contribution in [1.82, 2.24) is 10.3 Å². The van der Waals surface area contributed by atoms with Crippen LogP contribution in [0.5, 0.6) is 0 Å². The summed E-state index contributed by atoms with van der Waals surface area (Å²) in [5, 5.41) is 6.83. The van der Waals surface area contributed by atoms with Gasteiger partial charge >= 0.3 is 0 Å². The fourth-order valence-electron chi connectivity index (χ4n) is 1.79. The number of thiocarbonyl (C=S) groups is 1. The molecule has 2 N–H and O–H groups in total. The first-order valence-corrected chi connectivity index (χ1v) is 6.66. The van der Waals surface area contributed by atoms with Crippen LogP contribution in [0.25, 0.3) is 0 Å². The molecule has 2 aromatic rings. The summed E-state index contributed by atoms with van der Waals surface area (Å²) in [5.74, 6) is 0.760. The SMILES string of the molecule is Cc1cccc(CCNC(=S)Nc2ccccn2)c1. The molecule has 0 aliphatic carbocycles. The first kappa shape index (κ1) is 13.5. The summed E-state index contributed by atoms with van der Waals surface area (Å²) in [5.41, 5.74) is 2.60. The molecule has 1 aromatic carbocycles. The van der Waals surface area contributed by atoms with Crippen molar-refractivity contribution in [2.45, 2.75) is 13.3 Å². The lowest BCUT2D eigenvalue weighted by molar-refractivity contribution is 0.872. The number of aromatic nitrogens is 1. The van der Waals surface area contributed by atoms with Gasteiger partial charge in [-0.3, -0.25) is 0 Å². The van der Waals surface area contributed by atoms with E-state index in [0.717, 1.165) is 18.8 Å². The van der Waals surface area contributed by atoms with E-state index in [2.05, 4.69) is 46.8 Å². The van der Waals surface area contributed by atoms with Gasteiger partial charge in [0, 0.05) is 12.7 Å². The molecule has 0 spiro atoms. The fourth-order valence-corrected chi connectivity index (χ4v) is 1.99. The Morgan fingerprint density at radius 2 is 2.11 bits per heavy atom. The molecule has 0 radical (unpaired) electrons. The minimum absolute atomic E-state index is 0.603. The minimum Gasteiger partial charge on any atom is -0.362 e. The monoisotopic (exact) mass is 271 g/mol. The number of hydrogen-bond donors (Lipinski definition) is 2. The maximum absolute atomic E-state index is 5.21. The number of hydrogen-bond acceptors (Lipinski definition) is 2. The highest BCUT2D eigenvalue weighted by atomic mass is 32.1. The molecule has 19 heavy (non-hydrogen) atoms. The lowest BCUT2D eigenvalue weighted by Crippen LogP contribution is -2.30. The molecule has 0 aliphatic rings. The van der Waals surface area contributed by atoms with Crippen molar-refractivity contribution in [3.05, 3.63) is 59.8 Å². The van der Waals surface area contributed by atoms with Gasteiger partial charge in [0.1, 0.15) is 5.82 Å². The van der Waals surface area contributed by atoms with Gasteiger partial charge in [-0.2, -0.15) is 0 Å². The van der Waals surface area contributed by atoms with Gasteiger partial charge in [0.05, 0.1) is 0 Å². The van der Waals surface area contributed by atoms with Crippen molar-refractivity contribution in [3.8, 4) is 0 Å². The number of benzene rings is 1. The molecule has 0 fully saturated rings. The second kappa shape index (κ2) is 6.85.